The van der Waals surface area contributed by atoms with Gasteiger partial charge in [0.25, 0.3) is 11.8 Å². The molecule has 36 heavy (non-hydrogen) atoms. The third-order valence-electron chi connectivity index (χ3n) is 6.19. The second-order valence-electron chi connectivity index (χ2n) is 10.1. The molecule has 0 radical (unpaired) electrons. The van der Waals surface area contributed by atoms with Crippen LogP contribution in [0.1, 0.15) is 68.7 Å². The monoisotopic (exact) mass is 500 g/mol. The molecule has 1 aliphatic rings. The van der Waals surface area contributed by atoms with E-state index in [0.717, 1.165) is 50.3 Å². The summed E-state index contributed by atoms with van der Waals surface area (Å²) in [6.07, 6.45) is 6.21. The van der Waals surface area contributed by atoms with Crippen LogP contribution in [-0.2, 0) is 10.7 Å². The maximum Gasteiger partial charge on any atom is 0.287 e. The van der Waals surface area contributed by atoms with Gasteiger partial charge >= 0.3 is 0 Å². The number of pyridine rings is 1. The maximum absolute atomic E-state index is 13.7. The van der Waals surface area contributed by atoms with Gasteiger partial charge in [-0.3, -0.25) is 9.48 Å². The minimum Gasteiger partial charge on any atom is -0.488 e. The molecular weight excluding hydrogens is 470 g/mol. The van der Waals surface area contributed by atoms with E-state index in [9.17, 15) is 23.5 Å². The molecule has 1 fully saturated rings. The van der Waals surface area contributed by atoms with Crippen molar-refractivity contribution >= 4 is 28.8 Å². The molecule has 2 aromatic heterocycles. The molecule has 0 atom stereocenters. The molecule has 2 heterocycles. The molecule has 1 saturated carbocycles. The number of ether oxygens (including phenoxy) is 1. The minimum atomic E-state index is -3.18. The van der Waals surface area contributed by atoms with Crippen molar-refractivity contribution in [3.63, 3.8) is 0 Å². The van der Waals surface area contributed by atoms with Gasteiger partial charge < -0.3 is 20.0 Å². The Kier molecular flexibility index (Phi) is 7.08. The number of anilines is 1. The van der Waals surface area contributed by atoms with Gasteiger partial charge in [-0.15, -0.1) is 0 Å². The van der Waals surface area contributed by atoms with Crippen molar-refractivity contribution in [3.8, 4) is 5.75 Å². The highest BCUT2D eigenvalue weighted by molar-refractivity contribution is 6.05. The van der Waals surface area contributed by atoms with Gasteiger partial charge in [0.2, 0.25) is 0 Å². The van der Waals surface area contributed by atoms with Gasteiger partial charge in [-0.1, -0.05) is 6.07 Å². The molecule has 10 heteroatoms. The zero-order valence-electron chi connectivity index (χ0n) is 20.5. The Morgan fingerprint density at radius 3 is 2.58 bits per heavy atom. The number of benzene rings is 1. The SMILES string of the molecule is CC(C)(O)COc1cc2nn([C@H]3CC[C@H](C=O)CC3)cc2cc1NC(=O)c1cccc(C(C)(F)F)n1. The summed E-state index contributed by atoms with van der Waals surface area (Å²) in [5, 5.41) is 18.3. The van der Waals surface area contributed by atoms with Crippen molar-refractivity contribution in [1.29, 1.82) is 0 Å². The van der Waals surface area contributed by atoms with E-state index in [1.165, 1.54) is 12.1 Å². The van der Waals surface area contributed by atoms with Crippen LogP contribution in [0.15, 0.2) is 36.5 Å². The number of amides is 1. The predicted octanol–water partition coefficient (Wildman–Crippen LogP) is 4.88. The van der Waals surface area contributed by atoms with E-state index in [-0.39, 0.29) is 30.0 Å². The van der Waals surface area contributed by atoms with Crippen LogP contribution in [0.3, 0.4) is 0 Å². The molecule has 4 rings (SSSR count). The van der Waals surface area contributed by atoms with Crippen molar-refractivity contribution < 1.29 is 28.2 Å². The summed E-state index contributed by atoms with van der Waals surface area (Å²) < 4.78 is 35.1. The summed E-state index contributed by atoms with van der Waals surface area (Å²) >= 11 is 0. The number of hydrogen-bond acceptors (Lipinski definition) is 6. The van der Waals surface area contributed by atoms with Crippen LogP contribution in [0.4, 0.5) is 14.5 Å². The lowest BCUT2D eigenvalue weighted by Gasteiger charge is -2.25. The number of halogens is 2. The number of hydrogen-bond donors (Lipinski definition) is 2. The highest BCUT2D eigenvalue weighted by Gasteiger charge is 2.27. The zero-order chi connectivity index (χ0) is 26.1. The highest BCUT2D eigenvalue weighted by Crippen LogP contribution is 2.35. The Morgan fingerprint density at radius 2 is 1.94 bits per heavy atom. The summed E-state index contributed by atoms with van der Waals surface area (Å²) in [6.45, 7) is 3.85. The number of fused-ring (bicyclic) bond motifs is 1. The lowest BCUT2D eigenvalue weighted by atomic mass is 9.87. The van der Waals surface area contributed by atoms with Gasteiger partial charge in [0.1, 0.15) is 30.0 Å². The fourth-order valence-electron chi connectivity index (χ4n) is 4.22. The molecule has 3 aromatic rings. The molecule has 1 aliphatic carbocycles. The summed E-state index contributed by atoms with van der Waals surface area (Å²) in [6, 6.07) is 7.41. The lowest BCUT2D eigenvalue weighted by molar-refractivity contribution is -0.112. The standard InChI is InChI=1S/C26H30F2N4O4/c1-25(2,35)15-36-22-12-20-17(13-32(31-20)18-9-7-16(14-33)8-10-18)11-21(22)30-24(34)19-5-4-6-23(29-19)26(3,27)28/h4-6,11-14,16,18,35H,7-10,15H2,1-3H3,(H,30,34)/t16-,18-. The Bertz CT molecular complexity index is 1260. The molecule has 0 bridgehead atoms. The summed E-state index contributed by atoms with van der Waals surface area (Å²) in [4.78, 5) is 27.8. The van der Waals surface area contributed by atoms with Gasteiger partial charge in [-0.25, -0.2) is 4.98 Å². The van der Waals surface area contributed by atoms with Gasteiger partial charge in [0, 0.05) is 30.5 Å². The normalized spacial score (nSPS) is 18.7. The molecular formula is C26H30F2N4O4. The number of aldehydes is 1. The number of carbonyl (C=O) groups excluding carboxylic acids is 2. The lowest BCUT2D eigenvalue weighted by Crippen LogP contribution is -2.28. The van der Waals surface area contributed by atoms with Crippen LogP contribution >= 0.6 is 0 Å². The van der Waals surface area contributed by atoms with Crippen LogP contribution in [-0.4, -0.2) is 44.3 Å². The van der Waals surface area contributed by atoms with Gasteiger partial charge in [0.15, 0.2) is 0 Å². The average Bonchev–Trinajstić information content (AvgIpc) is 3.24. The van der Waals surface area contributed by atoms with E-state index in [1.807, 2.05) is 10.9 Å². The third kappa shape index (κ3) is 6.04. The molecule has 192 valence electrons. The minimum absolute atomic E-state index is 0.0480. The Morgan fingerprint density at radius 1 is 1.22 bits per heavy atom. The second-order valence-corrected chi connectivity index (χ2v) is 10.1. The predicted molar refractivity (Wildman–Crippen MR) is 130 cm³/mol. The first-order chi connectivity index (χ1) is 16.9. The van der Waals surface area contributed by atoms with Crippen molar-refractivity contribution in [3.05, 3.63) is 47.9 Å². The fourth-order valence-corrected chi connectivity index (χ4v) is 4.22. The summed E-state index contributed by atoms with van der Waals surface area (Å²) in [5.74, 6) is -3.48. The summed E-state index contributed by atoms with van der Waals surface area (Å²) in [5.41, 5.74) is -0.853. The second kappa shape index (κ2) is 9.93. The van der Waals surface area contributed by atoms with E-state index in [2.05, 4.69) is 15.4 Å². The van der Waals surface area contributed by atoms with Crippen LogP contribution in [0, 0.1) is 5.92 Å². The van der Waals surface area contributed by atoms with Crippen LogP contribution in [0.2, 0.25) is 0 Å². The first-order valence-electron chi connectivity index (χ1n) is 11.9. The van der Waals surface area contributed by atoms with E-state index in [4.69, 9.17) is 4.74 Å². The fraction of sp³-hybridized carbons (Fsp3) is 0.462. The first-order valence-corrected chi connectivity index (χ1v) is 11.9. The molecule has 1 aromatic carbocycles. The van der Waals surface area contributed by atoms with Crippen molar-refractivity contribution in [1.82, 2.24) is 14.8 Å². The van der Waals surface area contributed by atoms with Crippen LogP contribution in [0.25, 0.3) is 10.9 Å². The molecule has 8 nitrogen and oxygen atoms in total. The Labute approximate surface area is 207 Å². The van der Waals surface area contributed by atoms with Crippen molar-refractivity contribution in [2.45, 2.75) is 64.0 Å². The van der Waals surface area contributed by atoms with Crippen molar-refractivity contribution in [2.75, 3.05) is 11.9 Å². The average molecular weight is 501 g/mol. The molecule has 0 unspecified atom stereocenters. The van der Waals surface area contributed by atoms with E-state index in [1.54, 1.807) is 26.0 Å². The van der Waals surface area contributed by atoms with E-state index >= 15 is 0 Å². The number of alkyl halides is 2. The van der Waals surface area contributed by atoms with Gasteiger partial charge in [0.05, 0.1) is 22.8 Å². The number of nitrogens with zero attached hydrogens (tertiary/aromatic N) is 3. The quantitative estimate of drug-likeness (QED) is 0.427. The number of nitrogens with one attached hydrogen (secondary N) is 1. The number of rotatable bonds is 8. The van der Waals surface area contributed by atoms with E-state index < -0.39 is 23.1 Å². The molecule has 1 amide bonds. The molecule has 0 saturated heterocycles. The first kappa shape index (κ1) is 25.7. The van der Waals surface area contributed by atoms with Crippen LogP contribution < -0.4 is 10.1 Å². The van der Waals surface area contributed by atoms with Crippen molar-refractivity contribution in [2.24, 2.45) is 5.92 Å². The Hall–Kier alpha value is -3.40. The van der Waals surface area contributed by atoms with E-state index in [0.29, 0.717) is 11.2 Å². The number of aliphatic hydroxyl groups is 1. The number of carbonyl (C=O) groups is 2. The zero-order valence-corrected chi connectivity index (χ0v) is 20.5. The molecule has 2 N–H and O–H groups in total. The number of aromatic nitrogens is 3. The molecule has 0 spiro atoms. The Balaban J connectivity index is 1.64. The highest BCUT2D eigenvalue weighted by atomic mass is 19.3. The van der Waals surface area contributed by atoms with Crippen LogP contribution in [0.5, 0.6) is 5.75 Å². The third-order valence-corrected chi connectivity index (χ3v) is 6.19. The smallest absolute Gasteiger partial charge is 0.287 e. The van der Waals surface area contributed by atoms with Gasteiger partial charge in [-0.2, -0.15) is 13.9 Å². The summed E-state index contributed by atoms with van der Waals surface area (Å²) in [7, 11) is 0. The molecule has 0 aliphatic heterocycles. The van der Waals surface area contributed by atoms with Gasteiger partial charge in [-0.05, 0) is 57.7 Å². The topological polar surface area (TPSA) is 106 Å². The maximum atomic E-state index is 13.7. The largest absolute Gasteiger partial charge is 0.488 e.